The van der Waals surface area contributed by atoms with Gasteiger partial charge in [-0.15, -0.1) is 0 Å². The van der Waals surface area contributed by atoms with Gasteiger partial charge in [0.1, 0.15) is 10.2 Å². The van der Waals surface area contributed by atoms with Gasteiger partial charge in [0.05, 0.1) is 7.11 Å². The molecule has 15 heavy (non-hydrogen) atoms. The predicted molar refractivity (Wildman–Crippen MR) is 66.5 cm³/mol. The first kappa shape index (κ1) is 12.4. The largest absolute Gasteiger partial charge is 0.497 e. The number of allylic oxidation sites excluding steroid dienone is 1. The third kappa shape index (κ3) is 3.44. The van der Waals surface area contributed by atoms with Gasteiger partial charge in [0.25, 0.3) is 0 Å². The Morgan fingerprint density at radius 2 is 2.07 bits per heavy atom. The van der Waals surface area contributed by atoms with E-state index in [0.29, 0.717) is 4.49 Å². The Kier molecular flexibility index (Phi) is 5.00. The lowest BCUT2D eigenvalue weighted by Gasteiger charge is -2.08. The van der Waals surface area contributed by atoms with Gasteiger partial charge in [-0.05, 0) is 29.7 Å². The first-order valence-corrected chi connectivity index (χ1v) is 5.63. The Morgan fingerprint density at radius 1 is 1.33 bits per heavy atom. The second-order valence-corrected chi connectivity index (χ2v) is 4.17. The van der Waals surface area contributed by atoms with Crippen molar-refractivity contribution >= 4 is 28.8 Å². The molecule has 0 amide bonds. The number of ether oxygens (including phenoxy) is 1. The molecule has 0 aliphatic carbocycles. The molecule has 0 saturated heterocycles. The maximum absolute atomic E-state index is 5.86. The molecule has 0 aromatic heterocycles. The molecule has 0 N–H and O–H groups in total. The monoisotopic (exact) mass is 244 g/mol. The topological polar surface area (TPSA) is 9.23 Å². The van der Waals surface area contributed by atoms with Crippen molar-refractivity contribution in [2.45, 2.75) is 19.8 Å². The van der Waals surface area contributed by atoms with Crippen LogP contribution >= 0.6 is 23.2 Å². The summed E-state index contributed by atoms with van der Waals surface area (Å²) >= 11 is 11.7. The van der Waals surface area contributed by atoms with Gasteiger partial charge in [-0.25, -0.2) is 0 Å². The zero-order valence-corrected chi connectivity index (χ0v) is 10.4. The molecule has 0 unspecified atom stereocenters. The summed E-state index contributed by atoms with van der Waals surface area (Å²) in [5.74, 6) is 0.815. The standard InChI is InChI=1S/C12H14Cl2O/c1-3-5-11(12(13)14)9-6-4-7-10(8-9)15-2/h4,6-8H,3,5H2,1-2H3. The van der Waals surface area contributed by atoms with Crippen LogP contribution in [0.4, 0.5) is 0 Å². The summed E-state index contributed by atoms with van der Waals surface area (Å²) in [5, 5.41) is 0. The lowest BCUT2D eigenvalue weighted by molar-refractivity contribution is 0.414. The normalized spacial score (nSPS) is 9.87. The molecule has 0 heterocycles. The molecule has 82 valence electrons. The highest BCUT2D eigenvalue weighted by molar-refractivity contribution is 6.58. The molecule has 0 bridgehead atoms. The van der Waals surface area contributed by atoms with Crippen molar-refractivity contribution < 1.29 is 4.74 Å². The lowest BCUT2D eigenvalue weighted by Crippen LogP contribution is -1.88. The number of halogens is 2. The molecule has 1 nitrogen and oxygen atoms in total. The van der Waals surface area contributed by atoms with Crippen LogP contribution in [0.15, 0.2) is 28.8 Å². The third-order valence-electron chi connectivity index (χ3n) is 2.15. The highest BCUT2D eigenvalue weighted by atomic mass is 35.5. The summed E-state index contributed by atoms with van der Waals surface area (Å²) in [5.41, 5.74) is 2.00. The van der Waals surface area contributed by atoms with E-state index >= 15 is 0 Å². The van der Waals surface area contributed by atoms with Crippen molar-refractivity contribution in [2.24, 2.45) is 0 Å². The average Bonchev–Trinajstić information content (AvgIpc) is 2.25. The fourth-order valence-electron chi connectivity index (χ4n) is 1.41. The molecular weight excluding hydrogens is 231 g/mol. The fraction of sp³-hybridized carbons (Fsp3) is 0.333. The van der Waals surface area contributed by atoms with E-state index in [9.17, 15) is 0 Å². The van der Waals surface area contributed by atoms with Gasteiger partial charge in [0, 0.05) is 0 Å². The van der Waals surface area contributed by atoms with Gasteiger partial charge in [0.2, 0.25) is 0 Å². The van der Waals surface area contributed by atoms with Crippen molar-refractivity contribution in [1.29, 1.82) is 0 Å². The maximum atomic E-state index is 5.86. The van der Waals surface area contributed by atoms with E-state index in [1.807, 2.05) is 24.3 Å². The molecule has 0 fully saturated rings. The molecule has 0 aliphatic heterocycles. The Bertz CT molecular complexity index is 354. The Hall–Kier alpha value is -0.660. The van der Waals surface area contributed by atoms with E-state index in [4.69, 9.17) is 27.9 Å². The summed E-state index contributed by atoms with van der Waals surface area (Å²) in [6.07, 6.45) is 1.88. The molecule has 3 heteroatoms. The smallest absolute Gasteiger partial charge is 0.119 e. The van der Waals surface area contributed by atoms with Crippen LogP contribution in [0, 0.1) is 0 Å². The van der Waals surface area contributed by atoms with Gasteiger partial charge >= 0.3 is 0 Å². The third-order valence-corrected chi connectivity index (χ3v) is 2.60. The van der Waals surface area contributed by atoms with E-state index < -0.39 is 0 Å². The summed E-state index contributed by atoms with van der Waals surface area (Å²) < 4.78 is 5.49. The fourth-order valence-corrected chi connectivity index (χ4v) is 1.82. The lowest BCUT2D eigenvalue weighted by atomic mass is 10.0. The molecule has 0 spiro atoms. The van der Waals surface area contributed by atoms with Crippen LogP contribution in [-0.4, -0.2) is 7.11 Å². The van der Waals surface area contributed by atoms with E-state index in [2.05, 4.69) is 6.92 Å². The predicted octanol–water partition coefficient (Wildman–Crippen LogP) is 4.64. The first-order chi connectivity index (χ1) is 7.19. The zero-order valence-electron chi connectivity index (χ0n) is 8.89. The van der Waals surface area contributed by atoms with Crippen molar-refractivity contribution in [3.8, 4) is 5.75 Å². The van der Waals surface area contributed by atoms with Crippen LogP contribution < -0.4 is 4.74 Å². The van der Waals surface area contributed by atoms with Gasteiger partial charge in [-0.1, -0.05) is 48.7 Å². The molecule has 1 rings (SSSR count). The first-order valence-electron chi connectivity index (χ1n) is 4.87. The molecule has 0 saturated carbocycles. The van der Waals surface area contributed by atoms with Crippen molar-refractivity contribution in [2.75, 3.05) is 7.11 Å². The highest BCUT2D eigenvalue weighted by Crippen LogP contribution is 2.30. The average molecular weight is 245 g/mol. The van der Waals surface area contributed by atoms with Crippen molar-refractivity contribution in [3.63, 3.8) is 0 Å². The van der Waals surface area contributed by atoms with E-state index in [1.54, 1.807) is 7.11 Å². The van der Waals surface area contributed by atoms with E-state index in [1.165, 1.54) is 0 Å². The molecular formula is C12H14Cl2O. The van der Waals surface area contributed by atoms with Crippen LogP contribution in [0.1, 0.15) is 25.3 Å². The van der Waals surface area contributed by atoms with Crippen LogP contribution in [-0.2, 0) is 0 Å². The van der Waals surface area contributed by atoms with Crippen LogP contribution in [0.5, 0.6) is 5.75 Å². The number of methoxy groups -OCH3 is 1. The van der Waals surface area contributed by atoms with Crippen molar-refractivity contribution in [1.82, 2.24) is 0 Å². The quantitative estimate of drug-likeness (QED) is 0.750. The van der Waals surface area contributed by atoms with Crippen LogP contribution in [0.25, 0.3) is 5.57 Å². The summed E-state index contributed by atoms with van der Waals surface area (Å²) in [6.45, 7) is 2.09. The van der Waals surface area contributed by atoms with Crippen LogP contribution in [0.2, 0.25) is 0 Å². The second-order valence-electron chi connectivity index (χ2n) is 3.22. The molecule has 1 aromatic carbocycles. The minimum absolute atomic E-state index is 0.338. The van der Waals surface area contributed by atoms with Crippen molar-refractivity contribution in [3.05, 3.63) is 34.3 Å². The van der Waals surface area contributed by atoms with E-state index in [0.717, 1.165) is 29.7 Å². The number of benzene rings is 1. The summed E-state index contributed by atoms with van der Waals surface area (Å²) in [7, 11) is 1.64. The maximum Gasteiger partial charge on any atom is 0.119 e. The molecule has 1 aromatic rings. The number of hydrogen-bond donors (Lipinski definition) is 0. The SMILES string of the molecule is CCCC(=C(Cl)Cl)c1cccc(OC)c1. The molecule has 0 radical (unpaired) electrons. The number of rotatable bonds is 4. The Labute approximate surface area is 101 Å². The zero-order chi connectivity index (χ0) is 11.3. The van der Waals surface area contributed by atoms with Gasteiger partial charge in [-0.2, -0.15) is 0 Å². The Morgan fingerprint density at radius 3 is 2.60 bits per heavy atom. The minimum atomic E-state index is 0.338. The second kappa shape index (κ2) is 6.04. The minimum Gasteiger partial charge on any atom is -0.497 e. The highest BCUT2D eigenvalue weighted by Gasteiger charge is 2.06. The number of hydrogen-bond acceptors (Lipinski definition) is 1. The van der Waals surface area contributed by atoms with E-state index in [-0.39, 0.29) is 0 Å². The van der Waals surface area contributed by atoms with Gasteiger partial charge in [-0.3, -0.25) is 0 Å². The molecule has 0 atom stereocenters. The van der Waals surface area contributed by atoms with Crippen LogP contribution in [0.3, 0.4) is 0 Å². The summed E-state index contributed by atoms with van der Waals surface area (Å²) in [4.78, 5) is 0. The summed E-state index contributed by atoms with van der Waals surface area (Å²) in [6, 6.07) is 7.75. The Balaban J connectivity index is 3.07. The van der Waals surface area contributed by atoms with Gasteiger partial charge in [0.15, 0.2) is 0 Å². The molecule has 0 aliphatic rings. The van der Waals surface area contributed by atoms with Gasteiger partial charge < -0.3 is 4.74 Å².